The molecule has 4 nitrogen and oxygen atoms in total. The molecule has 1 aliphatic rings. The zero-order valence-corrected chi connectivity index (χ0v) is 13.3. The van der Waals surface area contributed by atoms with E-state index in [1.165, 1.54) is 18.4 Å². The van der Waals surface area contributed by atoms with Gasteiger partial charge in [0.05, 0.1) is 6.10 Å². The summed E-state index contributed by atoms with van der Waals surface area (Å²) in [6.07, 6.45) is 4.75. The lowest BCUT2D eigenvalue weighted by atomic mass is 10.1. The van der Waals surface area contributed by atoms with Crippen LogP contribution >= 0.6 is 11.6 Å². The Hall–Kier alpha value is -1.26. The Balaban J connectivity index is 1.63. The van der Waals surface area contributed by atoms with Crippen LogP contribution in [0.2, 0.25) is 5.02 Å². The molecule has 116 valence electrons. The minimum absolute atomic E-state index is 0.419. The van der Waals surface area contributed by atoms with Gasteiger partial charge in [-0.15, -0.1) is 0 Å². The van der Waals surface area contributed by atoms with E-state index in [1.54, 1.807) is 7.05 Å². The monoisotopic (exact) mass is 309 g/mol. The highest BCUT2D eigenvalue weighted by molar-refractivity contribution is 6.30. The Labute approximate surface area is 131 Å². The molecule has 0 spiro atoms. The minimum Gasteiger partial charge on any atom is -0.378 e. The van der Waals surface area contributed by atoms with Gasteiger partial charge in [-0.25, -0.2) is 0 Å². The summed E-state index contributed by atoms with van der Waals surface area (Å²) >= 11 is 5.98. The van der Waals surface area contributed by atoms with Crippen LogP contribution in [0.15, 0.2) is 29.3 Å². The van der Waals surface area contributed by atoms with Gasteiger partial charge < -0.3 is 15.4 Å². The third kappa shape index (κ3) is 5.94. The van der Waals surface area contributed by atoms with Gasteiger partial charge in [0.25, 0.3) is 0 Å². The highest BCUT2D eigenvalue weighted by atomic mass is 35.5. The molecule has 0 radical (unpaired) electrons. The molecule has 1 aromatic carbocycles. The molecule has 0 saturated carbocycles. The van der Waals surface area contributed by atoms with Gasteiger partial charge in [0.1, 0.15) is 0 Å². The zero-order chi connectivity index (χ0) is 14.9. The number of nitrogens with one attached hydrogen (secondary N) is 2. The van der Waals surface area contributed by atoms with Crippen molar-refractivity contribution in [3.8, 4) is 0 Å². The Morgan fingerprint density at radius 2 is 2.24 bits per heavy atom. The average Bonchev–Trinajstić information content (AvgIpc) is 2.99. The maximum atomic E-state index is 5.98. The SMILES string of the molecule is CN=C(NCCc1cccc(Cl)c1)NCCC1CCCO1. The first-order valence-electron chi connectivity index (χ1n) is 7.58. The van der Waals surface area contributed by atoms with Crippen molar-refractivity contribution in [3.05, 3.63) is 34.9 Å². The van der Waals surface area contributed by atoms with Crippen LogP contribution in [0.4, 0.5) is 0 Å². The first kappa shape index (κ1) is 16.1. The van der Waals surface area contributed by atoms with Gasteiger partial charge in [-0.2, -0.15) is 0 Å². The van der Waals surface area contributed by atoms with E-state index < -0.39 is 0 Å². The number of halogens is 1. The molecular formula is C16H24ClN3O. The highest BCUT2D eigenvalue weighted by Crippen LogP contribution is 2.14. The molecule has 0 aliphatic carbocycles. The van der Waals surface area contributed by atoms with Gasteiger partial charge in [-0.3, -0.25) is 4.99 Å². The summed E-state index contributed by atoms with van der Waals surface area (Å²) in [5, 5.41) is 7.43. The average molecular weight is 310 g/mol. The Bertz CT molecular complexity index is 459. The summed E-state index contributed by atoms with van der Waals surface area (Å²) in [6.45, 7) is 2.64. The topological polar surface area (TPSA) is 45.7 Å². The van der Waals surface area contributed by atoms with Crippen LogP contribution in [0, 0.1) is 0 Å². The maximum absolute atomic E-state index is 5.98. The number of aliphatic imine (C=N–C) groups is 1. The van der Waals surface area contributed by atoms with Gasteiger partial charge in [-0.1, -0.05) is 23.7 Å². The zero-order valence-electron chi connectivity index (χ0n) is 12.6. The molecule has 21 heavy (non-hydrogen) atoms. The first-order valence-corrected chi connectivity index (χ1v) is 7.96. The van der Waals surface area contributed by atoms with Crippen LogP contribution in [-0.2, 0) is 11.2 Å². The summed E-state index contributed by atoms with van der Waals surface area (Å²) in [5.74, 6) is 0.843. The van der Waals surface area contributed by atoms with Crippen molar-refractivity contribution in [1.82, 2.24) is 10.6 Å². The van der Waals surface area contributed by atoms with Crippen molar-refractivity contribution in [2.45, 2.75) is 31.8 Å². The van der Waals surface area contributed by atoms with Crippen LogP contribution in [0.1, 0.15) is 24.8 Å². The molecule has 0 aromatic heterocycles. The molecule has 0 amide bonds. The number of nitrogens with zero attached hydrogens (tertiary/aromatic N) is 1. The van der Waals surface area contributed by atoms with Crippen molar-refractivity contribution in [3.63, 3.8) is 0 Å². The Morgan fingerprint density at radius 3 is 2.95 bits per heavy atom. The van der Waals surface area contributed by atoms with Crippen molar-refractivity contribution >= 4 is 17.6 Å². The van der Waals surface area contributed by atoms with Crippen molar-refractivity contribution < 1.29 is 4.74 Å². The van der Waals surface area contributed by atoms with Gasteiger partial charge in [-0.05, 0) is 43.4 Å². The van der Waals surface area contributed by atoms with Gasteiger partial charge in [0.2, 0.25) is 0 Å². The van der Waals surface area contributed by atoms with E-state index in [4.69, 9.17) is 16.3 Å². The van der Waals surface area contributed by atoms with E-state index in [0.717, 1.165) is 43.5 Å². The lowest BCUT2D eigenvalue weighted by Gasteiger charge is -2.14. The minimum atomic E-state index is 0.419. The predicted octanol–water partition coefficient (Wildman–Crippen LogP) is 2.62. The number of hydrogen-bond donors (Lipinski definition) is 2. The van der Waals surface area contributed by atoms with E-state index in [-0.39, 0.29) is 0 Å². The molecule has 1 aromatic rings. The maximum Gasteiger partial charge on any atom is 0.190 e. The largest absolute Gasteiger partial charge is 0.378 e. The second-order valence-corrected chi connectivity index (χ2v) is 5.67. The summed E-state index contributed by atoms with van der Waals surface area (Å²) in [7, 11) is 1.79. The van der Waals surface area contributed by atoms with E-state index >= 15 is 0 Å². The molecular weight excluding hydrogens is 286 g/mol. The van der Waals surface area contributed by atoms with Crippen LogP contribution < -0.4 is 10.6 Å². The van der Waals surface area contributed by atoms with E-state index in [2.05, 4.69) is 21.7 Å². The fraction of sp³-hybridized carbons (Fsp3) is 0.562. The molecule has 1 saturated heterocycles. The summed E-state index contributed by atoms with van der Waals surface area (Å²) in [5.41, 5.74) is 1.23. The molecule has 1 unspecified atom stereocenters. The predicted molar refractivity (Wildman–Crippen MR) is 88.1 cm³/mol. The van der Waals surface area contributed by atoms with E-state index in [1.807, 2.05) is 18.2 Å². The van der Waals surface area contributed by atoms with Gasteiger partial charge >= 0.3 is 0 Å². The molecule has 2 N–H and O–H groups in total. The summed E-state index contributed by atoms with van der Waals surface area (Å²) < 4.78 is 5.61. The molecule has 1 aliphatic heterocycles. The van der Waals surface area contributed by atoms with Crippen LogP contribution in [0.5, 0.6) is 0 Å². The van der Waals surface area contributed by atoms with Gasteiger partial charge in [0, 0.05) is 31.8 Å². The standard InChI is InChI=1S/C16H24ClN3O/c1-18-16(20-10-8-15-6-3-11-21-15)19-9-7-13-4-2-5-14(17)12-13/h2,4-5,12,15H,3,6-11H2,1H3,(H2,18,19,20). The van der Waals surface area contributed by atoms with Crippen LogP contribution in [-0.4, -0.2) is 38.8 Å². The fourth-order valence-corrected chi connectivity index (χ4v) is 2.67. The van der Waals surface area contributed by atoms with Gasteiger partial charge in [0.15, 0.2) is 5.96 Å². The van der Waals surface area contributed by atoms with E-state index in [0.29, 0.717) is 6.10 Å². The Morgan fingerprint density at radius 1 is 1.38 bits per heavy atom. The molecule has 1 atom stereocenters. The molecule has 1 fully saturated rings. The lowest BCUT2D eigenvalue weighted by molar-refractivity contribution is 0.105. The number of benzene rings is 1. The molecule has 1 heterocycles. The highest BCUT2D eigenvalue weighted by Gasteiger charge is 2.14. The summed E-state index contributed by atoms with van der Waals surface area (Å²) in [6, 6.07) is 7.95. The fourth-order valence-electron chi connectivity index (χ4n) is 2.46. The normalized spacial score (nSPS) is 18.8. The number of ether oxygens (including phenoxy) is 1. The first-order chi connectivity index (χ1) is 10.3. The lowest BCUT2D eigenvalue weighted by Crippen LogP contribution is -2.39. The molecule has 5 heteroatoms. The number of rotatable bonds is 6. The summed E-state index contributed by atoms with van der Waals surface area (Å²) in [4.78, 5) is 4.23. The molecule has 2 rings (SSSR count). The number of guanidine groups is 1. The Kier molecular flexibility index (Phi) is 6.83. The number of hydrogen-bond acceptors (Lipinski definition) is 2. The van der Waals surface area contributed by atoms with Crippen LogP contribution in [0.3, 0.4) is 0 Å². The van der Waals surface area contributed by atoms with E-state index in [9.17, 15) is 0 Å². The second kappa shape index (κ2) is 8.90. The van der Waals surface area contributed by atoms with Crippen LogP contribution in [0.25, 0.3) is 0 Å². The quantitative estimate of drug-likeness (QED) is 0.627. The third-order valence-corrected chi connectivity index (χ3v) is 3.84. The molecule has 0 bridgehead atoms. The van der Waals surface area contributed by atoms with Crippen molar-refractivity contribution in [2.24, 2.45) is 4.99 Å². The third-order valence-electron chi connectivity index (χ3n) is 3.60. The van der Waals surface area contributed by atoms with Crippen molar-refractivity contribution in [2.75, 3.05) is 26.7 Å². The second-order valence-electron chi connectivity index (χ2n) is 5.23. The van der Waals surface area contributed by atoms with Crippen molar-refractivity contribution in [1.29, 1.82) is 0 Å². The smallest absolute Gasteiger partial charge is 0.190 e.